The van der Waals surface area contributed by atoms with Crippen LogP contribution in [-0.2, 0) is 25.7 Å². The van der Waals surface area contributed by atoms with Gasteiger partial charge in [0.2, 0.25) is 23.6 Å². The van der Waals surface area contributed by atoms with E-state index in [-0.39, 0.29) is 55.0 Å². The van der Waals surface area contributed by atoms with E-state index in [1.165, 1.54) is 11.8 Å². The SMILES string of the molecule is CC(=O)N1CC(C(=O)NC(CC(C)C)C(=O)N2CC(O)CC2C(=O)NCc2ccc(-c3scnc3C)cc2)C1. The number of aryl methyl sites for hydroxylation is 1. The summed E-state index contributed by atoms with van der Waals surface area (Å²) in [6.45, 7) is 8.33. The third-order valence-corrected chi connectivity index (χ3v) is 8.29. The predicted molar refractivity (Wildman–Crippen MR) is 147 cm³/mol. The minimum atomic E-state index is -0.824. The van der Waals surface area contributed by atoms with Crippen LogP contribution in [0.3, 0.4) is 0 Å². The van der Waals surface area contributed by atoms with Crippen molar-refractivity contribution in [1.82, 2.24) is 25.4 Å². The Hall–Kier alpha value is -3.31. The first kappa shape index (κ1) is 28.7. The molecule has 2 aromatic rings. The van der Waals surface area contributed by atoms with Crippen LogP contribution in [0.25, 0.3) is 10.4 Å². The number of aromatic nitrogens is 1. The molecule has 2 fully saturated rings. The van der Waals surface area contributed by atoms with Gasteiger partial charge in [-0.25, -0.2) is 4.98 Å². The number of hydrogen-bond donors (Lipinski definition) is 3. The molecule has 2 aliphatic rings. The van der Waals surface area contributed by atoms with Crippen molar-refractivity contribution < 1.29 is 24.3 Å². The van der Waals surface area contributed by atoms with Crippen molar-refractivity contribution in [3.63, 3.8) is 0 Å². The molecular weight excluding hydrogens is 518 g/mol. The van der Waals surface area contributed by atoms with Crippen LogP contribution in [0.1, 0.15) is 44.9 Å². The summed E-state index contributed by atoms with van der Waals surface area (Å²) in [5, 5.41) is 16.1. The van der Waals surface area contributed by atoms with Crippen molar-refractivity contribution in [2.75, 3.05) is 19.6 Å². The average Bonchev–Trinajstić information content (AvgIpc) is 3.46. The molecular formula is C28H37N5O5S. The van der Waals surface area contributed by atoms with Gasteiger partial charge in [0.15, 0.2) is 0 Å². The second kappa shape index (κ2) is 12.3. The van der Waals surface area contributed by atoms with Gasteiger partial charge in [-0.3, -0.25) is 19.2 Å². The normalized spacial score (nSPS) is 20.1. The smallest absolute Gasteiger partial charge is 0.245 e. The Morgan fingerprint density at radius 1 is 1.10 bits per heavy atom. The Kier molecular flexibility index (Phi) is 9.01. The van der Waals surface area contributed by atoms with Crippen LogP contribution in [0.4, 0.5) is 0 Å². The van der Waals surface area contributed by atoms with Crippen LogP contribution in [0.5, 0.6) is 0 Å². The lowest BCUT2D eigenvalue weighted by Gasteiger charge is -2.38. The zero-order valence-corrected chi connectivity index (χ0v) is 23.7. The van der Waals surface area contributed by atoms with E-state index in [9.17, 15) is 24.3 Å². The fourth-order valence-corrected chi connectivity index (χ4v) is 5.86. The summed E-state index contributed by atoms with van der Waals surface area (Å²) >= 11 is 1.58. The molecule has 0 bridgehead atoms. The molecule has 3 unspecified atom stereocenters. The van der Waals surface area contributed by atoms with E-state index in [1.54, 1.807) is 16.2 Å². The maximum absolute atomic E-state index is 13.6. The minimum absolute atomic E-state index is 0.0336. The number of carbonyl (C=O) groups is 4. The Labute approximate surface area is 232 Å². The van der Waals surface area contributed by atoms with Gasteiger partial charge in [-0.15, -0.1) is 11.3 Å². The van der Waals surface area contributed by atoms with Crippen molar-refractivity contribution in [1.29, 1.82) is 0 Å². The molecule has 0 radical (unpaired) electrons. The number of aliphatic hydroxyl groups excluding tert-OH is 1. The van der Waals surface area contributed by atoms with Gasteiger partial charge in [-0.2, -0.15) is 0 Å². The van der Waals surface area contributed by atoms with Gasteiger partial charge in [0, 0.05) is 39.5 Å². The zero-order chi connectivity index (χ0) is 28.3. The summed E-state index contributed by atoms with van der Waals surface area (Å²) in [5.41, 5.74) is 4.77. The van der Waals surface area contributed by atoms with E-state index in [1.807, 2.05) is 50.5 Å². The standard InChI is InChI=1S/C28H37N5O5S/c1-16(2)9-23(31-26(36)21-12-32(13-21)18(4)34)28(38)33-14-22(35)10-24(33)27(37)29-11-19-5-7-20(8-6-19)25-17(3)30-15-39-25/h5-8,15-16,21-24,35H,9-14H2,1-4H3,(H,29,37)(H,31,36). The molecule has 3 N–H and O–H groups in total. The largest absolute Gasteiger partial charge is 0.391 e. The van der Waals surface area contributed by atoms with Crippen LogP contribution in [0.15, 0.2) is 29.8 Å². The number of hydrogen-bond acceptors (Lipinski definition) is 7. The fraction of sp³-hybridized carbons (Fsp3) is 0.536. The van der Waals surface area contributed by atoms with Crippen molar-refractivity contribution in [2.45, 2.75) is 65.3 Å². The molecule has 3 heterocycles. The van der Waals surface area contributed by atoms with E-state index in [2.05, 4.69) is 15.6 Å². The van der Waals surface area contributed by atoms with Crippen molar-refractivity contribution in [3.05, 3.63) is 41.0 Å². The Bertz CT molecular complexity index is 1210. The number of likely N-dealkylation sites (tertiary alicyclic amines) is 2. The van der Waals surface area contributed by atoms with Crippen molar-refractivity contribution >= 4 is 35.0 Å². The molecule has 4 amide bonds. The topological polar surface area (TPSA) is 132 Å². The van der Waals surface area contributed by atoms with E-state index >= 15 is 0 Å². The first-order valence-electron chi connectivity index (χ1n) is 13.3. The summed E-state index contributed by atoms with van der Waals surface area (Å²) in [7, 11) is 0. The summed E-state index contributed by atoms with van der Waals surface area (Å²) in [6, 6.07) is 6.25. The number of carbonyl (C=O) groups excluding carboxylic acids is 4. The molecule has 2 aliphatic heterocycles. The highest BCUT2D eigenvalue weighted by Crippen LogP contribution is 2.27. The minimum Gasteiger partial charge on any atom is -0.391 e. The molecule has 11 heteroatoms. The summed E-state index contributed by atoms with van der Waals surface area (Å²) in [4.78, 5) is 59.4. The van der Waals surface area contributed by atoms with Crippen LogP contribution in [0, 0.1) is 18.8 Å². The molecule has 39 heavy (non-hydrogen) atoms. The fourth-order valence-electron chi connectivity index (χ4n) is 5.05. The highest BCUT2D eigenvalue weighted by Gasteiger charge is 2.42. The summed E-state index contributed by atoms with van der Waals surface area (Å²) in [5.74, 6) is -1.31. The number of nitrogens with zero attached hydrogens (tertiary/aromatic N) is 3. The van der Waals surface area contributed by atoms with Gasteiger partial charge in [0.1, 0.15) is 12.1 Å². The molecule has 0 saturated carbocycles. The third-order valence-electron chi connectivity index (χ3n) is 7.31. The first-order valence-corrected chi connectivity index (χ1v) is 14.2. The second-order valence-corrected chi connectivity index (χ2v) is 11.7. The quantitative estimate of drug-likeness (QED) is 0.432. The number of rotatable bonds is 9. The number of thiazole rings is 1. The lowest BCUT2D eigenvalue weighted by molar-refractivity contribution is -0.145. The Morgan fingerprint density at radius 3 is 2.38 bits per heavy atom. The van der Waals surface area contributed by atoms with Gasteiger partial charge in [-0.1, -0.05) is 38.1 Å². The maximum Gasteiger partial charge on any atom is 0.245 e. The average molecular weight is 556 g/mol. The number of amides is 4. The van der Waals surface area contributed by atoms with Gasteiger partial charge in [-0.05, 0) is 30.4 Å². The third kappa shape index (κ3) is 6.83. The lowest BCUT2D eigenvalue weighted by Crippen LogP contribution is -2.59. The number of nitrogens with one attached hydrogen (secondary N) is 2. The Balaban J connectivity index is 1.37. The predicted octanol–water partition coefficient (Wildman–Crippen LogP) is 1.71. The Morgan fingerprint density at radius 2 is 1.79 bits per heavy atom. The van der Waals surface area contributed by atoms with E-state index in [4.69, 9.17) is 0 Å². The molecule has 1 aromatic heterocycles. The van der Waals surface area contributed by atoms with Crippen LogP contribution in [0.2, 0.25) is 0 Å². The van der Waals surface area contributed by atoms with E-state index < -0.39 is 18.2 Å². The van der Waals surface area contributed by atoms with Gasteiger partial charge in [0.05, 0.1) is 28.1 Å². The van der Waals surface area contributed by atoms with Crippen LogP contribution in [-0.4, -0.2) is 81.3 Å². The second-order valence-electron chi connectivity index (χ2n) is 10.9. The van der Waals surface area contributed by atoms with Gasteiger partial charge < -0.3 is 25.5 Å². The summed E-state index contributed by atoms with van der Waals surface area (Å²) < 4.78 is 0. The maximum atomic E-state index is 13.6. The highest BCUT2D eigenvalue weighted by molar-refractivity contribution is 7.13. The summed E-state index contributed by atoms with van der Waals surface area (Å²) in [6.07, 6.45) is -0.280. The number of β-amino-alcohol motifs (C(OH)–C–C–N with tert-alkyl or cyclic N) is 1. The molecule has 4 rings (SSSR count). The molecule has 10 nitrogen and oxygen atoms in total. The highest BCUT2D eigenvalue weighted by atomic mass is 32.1. The van der Waals surface area contributed by atoms with Gasteiger partial charge >= 0.3 is 0 Å². The van der Waals surface area contributed by atoms with Crippen LogP contribution < -0.4 is 10.6 Å². The molecule has 0 aliphatic carbocycles. The lowest BCUT2D eigenvalue weighted by atomic mass is 9.96. The van der Waals surface area contributed by atoms with Gasteiger partial charge in [0.25, 0.3) is 0 Å². The number of aliphatic hydroxyl groups is 1. The number of benzene rings is 1. The van der Waals surface area contributed by atoms with E-state index in [0.717, 1.165) is 21.7 Å². The molecule has 210 valence electrons. The molecule has 3 atom stereocenters. The van der Waals surface area contributed by atoms with Crippen LogP contribution >= 0.6 is 11.3 Å². The first-order chi connectivity index (χ1) is 18.5. The molecule has 2 saturated heterocycles. The molecule has 0 spiro atoms. The molecule has 1 aromatic carbocycles. The van der Waals surface area contributed by atoms with Crippen molar-refractivity contribution in [3.8, 4) is 10.4 Å². The van der Waals surface area contributed by atoms with E-state index in [0.29, 0.717) is 19.5 Å². The van der Waals surface area contributed by atoms with Crippen molar-refractivity contribution in [2.24, 2.45) is 11.8 Å². The zero-order valence-electron chi connectivity index (χ0n) is 22.8. The monoisotopic (exact) mass is 555 g/mol.